The molecule has 3 heterocycles. The van der Waals surface area contributed by atoms with Crippen LogP contribution in [-0.4, -0.2) is 58.3 Å². The number of amides is 2. The molecule has 1 aromatic rings. The average Bonchev–Trinajstić information content (AvgIpc) is 3.33. The fourth-order valence-corrected chi connectivity index (χ4v) is 3.88. The molecule has 1 spiro atoms. The van der Waals surface area contributed by atoms with Crippen LogP contribution in [0.25, 0.3) is 0 Å². The van der Waals surface area contributed by atoms with E-state index in [-0.39, 0.29) is 17.2 Å². The molecule has 2 saturated heterocycles. The fraction of sp³-hybridized carbons (Fsp3) is 0.647. The third-order valence-electron chi connectivity index (χ3n) is 5.45. The molecule has 0 bridgehead atoms. The summed E-state index contributed by atoms with van der Waals surface area (Å²) in [4.78, 5) is 37.5. The minimum atomic E-state index is -0.364. The van der Waals surface area contributed by atoms with E-state index in [9.17, 15) is 9.59 Å². The van der Waals surface area contributed by atoms with E-state index in [1.807, 2.05) is 11.9 Å². The maximum absolute atomic E-state index is 12.7. The number of piperidine rings is 1. The van der Waals surface area contributed by atoms with Crippen molar-refractivity contribution in [2.24, 2.45) is 5.41 Å². The number of hydrogen-bond donors (Lipinski definition) is 0. The first kappa shape index (κ1) is 14.6. The van der Waals surface area contributed by atoms with E-state index in [0.29, 0.717) is 24.6 Å². The molecule has 23 heavy (non-hydrogen) atoms. The first-order valence-corrected chi connectivity index (χ1v) is 8.46. The van der Waals surface area contributed by atoms with Gasteiger partial charge in [0.2, 0.25) is 5.91 Å². The van der Waals surface area contributed by atoms with Crippen LogP contribution in [0.15, 0.2) is 12.4 Å². The van der Waals surface area contributed by atoms with Crippen LogP contribution in [0.5, 0.6) is 0 Å². The van der Waals surface area contributed by atoms with E-state index in [1.165, 1.54) is 0 Å². The summed E-state index contributed by atoms with van der Waals surface area (Å²) < 4.78 is 0. The molecular formula is C17H22N4O2. The number of carbonyl (C=O) groups excluding carboxylic acids is 2. The highest BCUT2D eigenvalue weighted by Crippen LogP contribution is 2.40. The first-order chi connectivity index (χ1) is 11.1. The molecular weight excluding hydrogens is 292 g/mol. The maximum atomic E-state index is 12.7. The Morgan fingerprint density at radius 3 is 2.65 bits per heavy atom. The van der Waals surface area contributed by atoms with Gasteiger partial charge >= 0.3 is 0 Å². The number of likely N-dealkylation sites (tertiary alicyclic amines) is 2. The summed E-state index contributed by atoms with van der Waals surface area (Å²) in [6.45, 7) is 1.99. The van der Waals surface area contributed by atoms with Gasteiger partial charge in [-0.2, -0.15) is 0 Å². The Bertz CT molecular complexity index is 640. The Morgan fingerprint density at radius 2 is 1.96 bits per heavy atom. The van der Waals surface area contributed by atoms with Crippen molar-refractivity contribution in [1.29, 1.82) is 0 Å². The van der Waals surface area contributed by atoms with E-state index in [1.54, 1.807) is 17.3 Å². The number of nitrogens with zero attached hydrogens (tertiary/aromatic N) is 4. The van der Waals surface area contributed by atoms with Crippen LogP contribution in [0.1, 0.15) is 54.2 Å². The first-order valence-electron chi connectivity index (χ1n) is 8.46. The van der Waals surface area contributed by atoms with Crippen LogP contribution in [0, 0.1) is 5.41 Å². The van der Waals surface area contributed by atoms with Gasteiger partial charge in [0.15, 0.2) is 0 Å². The molecule has 122 valence electrons. The lowest BCUT2D eigenvalue weighted by molar-refractivity contribution is -0.143. The van der Waals surface area contributed by atoms with Gasteiger partial charge in [0.05, 0.1) is 11.0 Å². The summed E-state index contributed by atoms with van der Waals surface area (Å²) in [7, 11) is 1.86. The number of carbonyl (C=O) groups is 2. The Morgan fingerprint density at radius 1 is 1.22 bits per heavy atom. The molecule has 1 aliphatic carbocycles. The van der Waals surface area contributed by atoms with Gasteiger partial charge in [0.1, 0.15) is 5.82 Å². The SMILES string of the molecule is CN1CCCC2(CCN(C(=O)c3cnc(C4CC4)nc3)C2)C1=O. The topological polar surface area (TPSA) is 66.4 Å². The molecule has 4 rings (SSSR count). The van der Waals surface area contributed by atoms with Crippen LogP contribution in [0.4, 0.5) is 0 Å². The van der Waals surface area contributed by atoms with Crippen LogP contribution < -0.4 is 0 Å². The summed E-state index contributed by atoms with van der Waals surface area (Å²) in [5.41, 5.74) is 0.167. The Labute approximate surface area is 135 Å². The van der Waals surface area contributed by atoms with E-state index < -0.39 is 0 Å². The summed E-state index contributed by atoms with van der Waals surface area (Å²) >= 11 is 0. The Hall–Kier alpha value is -1.98. The molecule has 1 unspecified atom stereocenters. The smallest absolute Gasteiger partial charge is 0.257 e. The second kappa shape index (κ2) is 5.28. The van der Waals surface area contributed by atoms with E-state index in [0.717, 1.165) is 44.5 Å². The third-order valence-corrected chi connectivity index (χ3v) is 5.45. The molecule has 6 nitrogen and oxygen atoms in total. The van der Waals surface area contributed by atoms with Crippen molar-refractivity contribution in [3.05, 3.63) is 23.8 Å². The second-order valence-electron chi connectivity index (χ2n) is 7.19. The van der Waals surface area contributed by atoms with Crippen molar-refractivity contribution in [3.8, 4) is 0 Å². The molecule has 3 aliphatic rings. The molecule has 2 amide bonds. The molecule has 1 saturated carbocycles. The lowest BCUT2D eigenvalue weighted by Gasteiger charge is -2.37. The standard InChI is InChI=1S/C17H22N4O2/c1-20-7-2-5-17(16(20)23)6-8-21(11-17)15(22)13-9-18-14(19-10-13)12-3-4-12/h9-10,12H,2-8,11H2,1H3. The van der Waals surface area contributed by atoms with Gasteiger partial charge in [-0.05, 0) is 32.1 Å². The van der Waals surface area contributed by atoms with Crippen LogP contribution in [0.3, 0.4) is 0 Å². The zero-order valence-electron chi connectivity index (χ0n) is 13.5. The number of rotatable bonds is 2. The largest absolute Gasteiger partial charge is 0.345 e. The van der Waals surface area contributed by atoms with Crippen molar-refractivity contribution in [3.63, 3.8) is 0 Å². The summed E-state index contributed by atoms with van der Waals surface area (Å²) in [5, 5.41) is 0. The fourth-order valence-electron chi connectivity index (χ4n) is 3.88. The summed E-state index contributed by atoms with van der Waals surface area (Å²) in [6, 6.07) is 0. The van der Waals surface area contributed by atoms with Gasteiger partial charge in [-0.15, -0.1) is 0 Å². The van der Waals surface area contributed by atoms with Gasteiger partial charge in [0, 0.05) is 45.0 Å². The zero-order chi connectivity index (χ0) is 16.0. The normalized spacial score (nSPS) is 27.8. The third kappa shape index (κ3) is 2.50. The van der Waals surface area contributed by atoms with Crippen molar-refractivity contribution in [2.45, 2.75) is 38.0 Å². The number of hydrogen-bond acceptors (Lipinski definition) is 4. The van der Waals surface area contributed by atoms with Gasteiger partial charge in [-0.1, -0.05) is 0 Å². The van der Waals surface area contributed by atoms with E-state index in [2.05, 4.69) is 9.97 Å². The van der Waals surface area contributed by atoms with Crippen molar-refractivity contribution < 1.29 is 9.59 Å². The van der Waals surface area contributed by atoms with Crippen LogP contribution in [-0.2, 0) is 4.79 Å². The zero-order valence-corrected chi connectivity index (χ0v) is 13.5. The molecule has 2 aliphatic heterocycles. The monoisotopic (exact) mass is 314 g/mol. The minimum absolute atomic E-state index is 0.0507. The maximum Gasteiger partial charge on any atom is 0.257 e. The lowest BCUT2D eigenvalue weighted by Crippen LogP contribution is -2.48. The lowest BCUT2D eigenvalue weighted by atomic mass is 9.78. The van der Waals surface area contributed by atoms with Crippen molar-refractivity contribution in [1.82, 2.24) is 19.8 Å². The number of aromatic nitrogens is 2. The van der Waals surface area contributed by atoms with Crippen molar-refractivity contribution in [2.75, 3.05) is 26.7 Å². The molecule has 1 aromatic heterocycles. The predicted octanol–water partition coefficient (Wildman–Crippen LogP) is 1.44. The second-order valence-corrected chi connectivity index (χ2v) is 7.19. The van der Waals surface area contributed by atoms with E-state index in [4.69, 9.17) is 0 Å². The van der Waals surface area contributed by atoms with Gasteiger partial charge in [-0.25, -0.2) is 9.97 Å². The minimum Gasteiger partial charge on any atom is -0.345 e. The molecule has 3 fully saturated rings. The summed E-state index contributed by atoms with van der Waals surface area (Å²) in [5.74, 6) is 1.48. The van der Waals surface area contributed by atoms with Gasteiger partial charge < -0.3 is 9.80 Å². The van der Waals surface area contributed by atoms with Crippen molar-refractivity contribution >= 4 is 11.8 Å². The predicted molar refractivity (Wildman–Crippen MR) is 83.8 cm³/mol. The highest BCUT2D eigenvalue weighted by molar-refractivity contribution is 5.95. The molecule has 0 radical (unpaired) electrons. The highest BCUT2D eigenvalue weighted by atomic mass is 16.2. The quantitative estimate of drug-likeness (QED) is 0.828. The highest BCUT2D eigenvalue weighted by Gasteiger charge is 2.48. The average molecular weight is 314 g/mol. The Kier molecular flexibility index (Phi) is 3.36. The molecule has 6 heteroatoms. The Balaban J connectivity index is 1.48. The van der Waals surface area contributed by atoms with Crippen LogP contribution >= 0.6 is 0 Å². The van der Waals surface area contributed by atoms with Gasteiger partial charge in [-0.3, -0.25) is 9.59 Å². The molecule has 1 atom stereocenters. The molecule has 0 N–H and O–H groups in total. The van der Waals surface area contributed by atoms with E-state index >= 15 is 0 Å². The van der Waals surface area contributed by atoms with Gasteiger partial charge in [0.25, 0.3) is 5.91 Å². The summed E-state index contributed by atoms with van der Waals surface area (Å²) in [6.07, 6.45) is 8.25. The molecule has 0 aromatic carbocycles. The van der Waals surface area contributed by atoms with Crippen LogP contribution in [0.2, 0.25) is 0 Å².